The Morgan fingerprint density at radius 2 is 0.947 bits per heavy atom. The van der Waals surface area contributed by atoms with Crippen LogP contribution in [0.15, 0.2) is 68.7 Å². The molecule has 0 saturated carbocycles. The summed E-state index contributed by atoms with van der Waals surface area (Å²) in [7, 11) is -3.68. The highest BCUT2D eigenvalue weighted by Crippen LogP contribution is 2.24. The van der Waals surface area contributed by atoms with Crippen molar-refractivity contribution in [2.45, 2.75) is 9.79 Å². The Kier molecular flexibility index (Phi) is 3.48. The van der Waals surface area contributed by atoms with Crippen molar-refractivity contribution in [3.8, 4) is 0 Å². The van der Waals surface area contributed by atoms with Crippen molar-refractivity contribution >= 4 is 21.2 Å². The zero-order valence-corrected chi connectivity index (χ0v) is 10.4. The Morgan fingerprint density at radius 3 is 1.21 bits per heavy atom. The molecule has 6 nitrogen and oxygen atoms in total. The van der Waals surface area contributed by atoms with E-state index in [2.05, 4.69) is 10.4 Å². The van der Waals surface area contributed by atoms with Crippen LogP contribution < -0.4 is 0 Å². The molecule has 0 aliphatic carbocycles. The quantitative estimate of drug-likeness (QED) is 0.800. The summed E-state index contributed by atoms with van der Waals surface area (Å²) in [4.78, 5) is 20.6. The molecule has 96 valence electrons. The fourth-order valence-electron chi connectivity index (χ4n) is 1.51. The number of hydrogen-bond acceptors (Lipinski definition) is 6. The minimum Gasteiger partial charge on any atom is -0.219 e. The van der Waals surface area contributed by atoms with Crippen LogP contribution >= 0.6 is 0 Å². The maximum absolute atomic E-state index is 12.2. The van der Waals surface area contributed by atoms with Crippen LogP contribution in [0.5, 0.6) is 0 Å². The van der Waals surface area contributed by atoms with Crippen molar-refractivity contribution in [2.75, 3.05) is 0 Å². The Bertz CT molecular complexity index is 649. The van der Waals surface area contributed by atoms with Crippen molar-refractivity contribution in [3.05, 3.63) is 58.3 Å². The van der Waals surface area contributed by atoms with Crippen LogP contribution in [0.2, 0.25) is 0 Å². The van der Waals surface area contributed by atoms with Crippen molar-refractivity contribution in [2.24, 2.45) is 10.4 Å². The van der Waals surface area contributed by atoms with Crippen molar-refractivity contribution in [1.29, 1.82) is 0 Å². The number of hydrogen-bond donors (Lipinski definition) is 0. The van der Waals surface area contributed by atoms with Gasteiger partial charge in [0.05, 0.1) is 9.79 Å². The Labute approximate surface area is 109 Å². The molecule has 2 aromatic rings. The third-order valence-corrected chi connectivity index (χ3v) is 4.29. The largest absolute Gasteiger partial charge is 0.219 e. The molecule has 0 atom stereocenters. The first kappa shape index (κ1) is 13.0. The van der Waals surface area contributed by atoms with Crippen LogP contribution in [0.4, 0.5) is 11.4 Å². The van der Waals surface area contributed by atoms with Gasteiger partial charge in [-0.25, -0.2) is 8.42 Å². The molecule has 0 bridgehead atoms. The first-order valence-electron chi connectivity index (χ1n) is 5.20. The summed E-state index contributed by atoms with van der Waals surface area (Å²) in [5, 5.41) is 5.39. The number of sulfone groups is 1. The SMILES string of the molecule is O=Nc1ccc(S(=O)(=O)c2ccc(N=O)cc2)cc1. The standard InChI is InChI=1S/C12H8N2O4S/c15-13-9-1-5-11(6-2-9)19(17,18)12-7-3-10(14-16)4-8-12/h1-8H. The Balaban J connectivity index is 2.44. The number of nitroso groups, excluding NO2 is 2. The smallest absolute Gasteiger partial charge is 0.206 e. The van der Waals surface area contributed by atoms with Crippen LogP contribution in [0.3, 0.4) is 0 Å². The third-order valence-electron chi connectivity index (χ3n) is 2.50. The van der Waals surface area contributed by atoms with E-state index >= 15 is 0 Å². The van der Waals surface area contributed by atoms with Gasteiger partial charge in [0.1, 0.15) is 11.4 Å². The van der Waals surface area contributed by atoms with Crippen LogP contribution in [-0.4, -0.2) is 8.42 Å². The average Bonchev–Trinajstić information content (AvgIpc) is 2.47. The third kappa shape index (κ3) is 2.55. The second-order valence-corrected chi connectivity index (χ2v) is 5.62. The highest BCUT2D eigenvalue weighted by atomic mass is 32.2. The summed E-state index contributed by atoms with van der Waals surface area (Å²) in [5.74, 6) is 0. The maximum atomic E-state index is 12.2. The second-order valence-electron chi connectivity index (χ2n) is 3.67. The van der Waals surface area contributed by atoms with Crippen LogP contribution in [-0.2, 0) is 9.84 Å². The van der Waals surface area contributed by atoms with Gasteiger partial charge in [-0.2, -0.15) is 0 Å². The van der Waals surface area contributed by atoms with E-state index in [9.17, 15) is 18.2 Å². The first-order chi connectivity index (χ1) is 9.07. The van der Waals surface area contributed by atoms with Gasteiger partial charge in [0, 0.05) is 0 Å². The van der Waals surface area contributed by atoms with Gasteiger partial charge >= 0.3 is 0 Å². The lowest BCUT2D eigenvalue weighted by atomic mass is 10.3. The summed E-state index contributed by atoms with van der Waals surface area (Å²) >= 11 is 0. The van der Waals surface area contributed by atoms with Gasteiger partial charge < -0.3 is 0 Å². The van der Waals surface area contributed by atoms with Crippen molar-refractivity contribution in [3.63, 3.8) is 0 Å². The molecule has 0 unspecified atom stereocenters. The lowest BCUT2D eigenvalue weighted by molar-refractivity contribution is 0.596. The summed E-state index contributed by atoms with van der Waals surface area (Å²) in [5.41, 5.74) is 0.305. The molecule has 0 fully saturated rings. The highest BCUT2D eigenvalue weighted by molar-refractivity contribution is 7.91. The Hall–Kier alpha value is -2.41. The maximum Gasteiger partial charge on any atom is 0.206 e. The van der Waals surface area contributed by atoms with E-state index in [4.69, 9.17) is 0 Å². The summed E-state index contributed by atoms with van der Waals surface area (Å²) in [6.07, 6.45) is 0. The lowest BCUT2D eigenvalue weighted by Crippen LogP contribution is -2.01. The molecule has 0 radical (unpaired) electrons. The van der Waals surface area contributed by atoms with Gasteiger partial charge in [0.25, 0.3) is 0 Å². The fourth-order valence-corrected chi connectivity index (χ4v) is 2.77. The van der Waals surface area contributed by atoms with E-state index in [1.54, 1.807) is 0 Å². The first-order valence-corrected chi connectivity index (χ1v) is 6.68. The average molecular weight is 276 g/mol. The molecule has 2 aromatic carbocycles. The predicted octanol–water partition coefficient (Wildman–Crippen LogP) is 3.32. The molecule has 7 heteroatoms. The minimum absolute atomic E-state index is 0.0479. The number of nitrogens with zero attached hydrogens (tertiary/aromatic N) is 2. The van der Waals surface area contributed by atoms with Gasteiger partial charge in [0.15, 0.2) is 0 Å². The molecular weight excluding hydrogens is 268 g/mol. The molecular formula is C12H8N2O4S. The van der Waals surface area contributed by atoms with Crippen LogP contribution in [0, 0.1) is 9.81 Å². The second kappa shape index (κ2) is 5.07. The summed E-state index contributed by atoms with van der Waals surface area (Å²) < 4.78 is 24.4. The van der Waals surface area contributed by atoms with Gasteiger partial charge in [0.2, 0.25) is 9.84 Å². The molecule has 0 N–H and O–H groups in total. The zero-order chi connectivity index (χ0) is 13.9. The normalized spacial score (nSPS) is 10.9. The van der Waals surface area contributed by atoms with Gasteiger partial charge in [-0.3, -0.25) is 0 Å². The molecule has 0 heterocycles. The van der Waals surface area contributed by atoms with E-state index in [0.29, 0.717) is 0 Å². The molecule has 19 heavy (non-hydrogen) atoms. The fraction of sp³-hybridized carbons (Fsp3) is 0. The molecule has 0 aromatic heterocycles. The molecule has 0 aliphatic heterocycles. The predicted molar refractivity (Wildman–Crippen MR) is 69.2 cm³/mol. The molecule has 2 rings (SSSR count). The topological polar surface area (TPSA) is 93.0 Å². The Morgan fingerprint density at radius 1 is 0.632 bits per heavy atom. The van der Waals surface area contributed by atoms with Crippen molar-refractivity contribution in [1.82, 2.24) is 0 Å². The molecule has 0 spiro atoms. The summed E-state index contributed by atoms with van der Waals surface area (Å²) in [6.45, 7) is 0. The van der Waals surface area contributed by atoms with Gasteiger partial charge in [-0.05, 0) is 58.9 Å². The molecule has 0 amide bonds. The molecule has 0 saturated heterocycles. The van der Waals surface area contributed by atoms with Crippen LogP contribution in [0.25, 0.3) is 0 Å². The van der Waals surface area contributed by atoms with Crippen LogP contribution in [0.1, 0.15) is 0 Å². The van der Waals surface area contributed by atoms with E-state index in [1.807, 2.05) is 0 Å². The number of benzene rings is 2. The molecule has 0 aliphatic rings. The van der Waals surface area contributed by atoms with E-state index in [0.717, 1.165) is 0 Å². The minimum atomic E-state index is -3.68. The number of rotatable bonds is 4. The van der Waals surface area contributed by atoms with Gasteiger partial charge in [-0.15, -0.1) is 9.81 Å². The van der Waals surface area contributed by atoms with E-state index in [1.165, 1.54) is 48.5 Å². The zero-order valence-electron chi connectivity index (χ0n) is 9.55. The summed E-state index contributed by atoms with van der Waals surface area (Å²) in [6, 6.07) is 10.5. The van der Waals surface area contributed by atoms with E-state index in [-0.39, 0.29) is 21.2 Å². The van der Waals surface area contributed by atoms with E-state index < -0.39 is 9.84 Å². The highest BCUT2D eigenvalue weighted by Gasteiger charge is 2.17. The van der Waals surface area contributed by atoms with Crippen molar-refractivity contribution < 1.29 is 8.42 Å². The monoisotopic (exact) mass is 276 g/mol. The van der Waals surface area contributed by atoms with Gasteiger partial charge in [-0.1, -0.05) is 0 Å². The lowest BCUT2D eigenvalue weighted by Gasteiger charge is -2.04.